The smallest absolute Gasteiger partial charge is 0.329 e. The molecule has 2 amide bonds. The number of ether oxygens (including phenoxy) is 2. The van der Waals surface area contributed by atoms with E-state index in [2.05, 4.69) is 22.5 Å². The minimum absolute atomic E-state index is 0.128. The van der Waals surface area contributed by atoms with Gasteiger partial charge in [0, 0.05) is 18.2 Å². The number of hydrogen-bond acceptors (Lipinski definition) is 8. The maximum Gasteiger partial charge on any atom is 0.329 e. The van der Waals surface area contributed by atoms with Gasteiger partial charge in [0.25, 0.3) is 5.19 Å². The number of fused-ring (bicyclic) bond motifs is 3. The minimum atomic E-state index is -1.30. The van der Waals surface area contributed by atoms with Crippen LogP contribution >= 0.6 is 11.3 Å². The van der Waals surface area contributed by atoms with E-state index in [9.17, 15) is 19.5 Å². The van der Waals surface area contributed by atoms with E-state index < -0.39 is 35.6 Å². The third-order valence-electron chi connectivity index (χ3n) is 9.43. The van der Waals surface area contributed by atoms with Gasteiger partial charge < -0.3 is 30.1 Å². The fourth-order valence-corrected chi connectivity index (χ4v) is 7.76. The molecule has 2 aromatic carbocycles. The Labute approximate surface area is 261 Å². The average molecular weight is 621 g/mol. The van der Waals surface area contributed by atoms with Gasteiger partial charge in [0.05, 0.1) is 23.9 Å². The Kier molecular flexibility index (Phi) is 8.66. The van der Waals surface area contributed by atoms with E-state index in [1.165, 1.54) is 11.3 Å². The lowest BCUT2D eigenvalue weighted by Crippen LogP contribution is -2.55. The van der Waals surface area contributed by atoms with Crippen molar-refractivity contribution in [2.75, 3.05) is 19.0 Å². The molecule has 0 bridgehead atoms. The van der Waals surface area contributed by atoms with E-state index in [0.29, 0.717) is 23.8 Å². The largest absolute Gasteiger partial charge is 0.497 e. The van der Waals surface area contributed by atoms with E-state index in [0.717, 1.165) is 48.0 Å². The molecule has 1 unspecified atom stereocenters. The second kappa shape index (κ2) is 12.6. The first-order chi connectivity index (χ1) is 21.3. The normalized spacial score (nSPS) is 29.5. The molecule has 1 aromatic heterocycles. The van der Waals surface area contributed by atoms with Gasteiger partial charge >= 0.3 is 5.97 Å². The number of carbonyl (C=O) groups excluding carboxylic acids is 2. The molecule has 6 atom stereocenters. The summed E-state index contributed by atoms with van der Waals surface area (Å²) in [5.74, 6) is -0.936. The van der Waals surface area contributed by atoms with Crippen molar-refractivity contribution >= 4 is 45.0 Å². The van der Waals surface area contributed by atoms with Crippen LogP contribution in [0.25, 0.3) is 10.2 Å². The number of aromatic nitrogens is 1. The zero-order chi connectivity index (χ0) is 30.8. The summed E-state index contributed by atoms with van der Waals surface area (Å²) in [5, 5.41) is 17.0. The first kappa shape index (κ1) is 30.2. The number of nitrogens with zero attached hydrogens (tertiary/aromatic N) is 2. The predicted molar refractivity (Wildman–Crippen MR) is 168 cm³/mol. The molecule has 2 aliphatic heterocycles. The molecule has 3 aliphatic rings. The number of methoxy groups -OCH3 is 1. The number of benzene rings is 2. The average Bonchev–Trinajstić information content (AvgIpc) is 3.37. The van der Waals surface area contributed by atoms with Crippen molar-refractivity contribution < 1.29 is 29.0 Å². The molecular weight excluding hydrogens is 580 g/mol. The Morgan fingerprint density at radius 2 is 1.91 bits per heavy atom. The molecule has 3 aromatic rings. The van der Waals surface area contributed by atoms with Gasteiger partial charge in [-0.25, -0.2) is 9.78 Å². The third-order valence-corrected chi connectivity index (χ3v) is 10.4. The Bertz CT molecular complexity index is 1500. The van der Waals surface area contributed by atoms with Gasteiger partial charge in [-0.15, -0.1) is 0 Å². The fraction of sp³-hybridized carbons (Fsp3) is 0.515. The summed E-state index contributed by atoms with van der Waals surface area (Å²) in [4.78, 5) is 47.0. The first-order valence-corrected chi connectivity index (χ1v) is 16.4. The zero-order valence-corrected chi connectivity index (χ0v) is 26.0. The molecule has 6 rings (SSSR count). The second-order valence-corrected chi connectivity index (χ2v) is 13.4. The van der Waals surface area contributed by atoms with Crippen LogP contribution in [0.2, 0.25) is 0 Å². The van der Waals surface area contributed by atoms with Gasteiger partial charge in [-0.1, -0.05) is 68.6 Å². The number of para-hydroxylation sites is 1. The van der Waals surface area contributed by atoms with E-state index in [1.54, 1.807) is 12.0 Å². The van der Waals surface area contributed by atoms with Crippen molar-refractivity contribution in [2.24, 2.45) is 11.8 Å². The van der Waals surface area contributed by atoms with E-state index >= 15 is 0 Å². The molecule has 3 fully saturated rings. The van der Waals surface area contributed by atoms with Crippen molar-refractivity contribution in [3.63, 3.8) is 0 Å². The van der Waals surface area contributed by atoms with E-state index in [1.807, 2.05) is 48.5 Å². The molecule has 1 aliphatic carbocycles. The van der Waals surface area contributed by atoms with Gasteiger partial charge in [0.2, 0.25) is 11.8 Å². The van der Waals surface area contributed by atoms with Gasteiger partial charge in [-0.05, 0) is 48.9 Å². The summed E-state index contributed by atoms with van der Waals surface area (Å²) in [6.45, 7) is 2.28. The number of carbonyl (C=O) groups is 3. The van der Waals surface area contributed by atoms with Crippen LogP contribution in [0.5, 0.6) is 10.9 Å². The molecule has 44 heavy (non-hydrogen) atoms. The van der Waals surface area contributed by atoms with Gasteiger partial charge in [0.15, 0.2) is 0 Å². The van der Waals surface area contributed by atoms with Crippen LogP contribution in [-0.2, 0) is 14.4 Å². The number of anilines is 1. The molecule has 11 heteroatoms. The predicted octanol–water partition coefficient (Wildman–Crippen LogP) is 5.08. The maximum atomic E-state index is 14.3. The highest BCUT2D eigenvalue weighted by Gasteiger charge is 2.64. The van der Waals surface area contributed by atoms with Crippen molar-refractivity contribution in [2.45, 2.75) is 82.0 Å². The summed E-state index contributed by atoms with van der Waals surface area (Å²) in [5.41, 5.74) is 0.284. The maximum absolute atomic E-state index is 14.3. The monoisotopic (exact) mass is 620 g/mol. The Morgan fingerprint density at radius 3 is 2.68 bits per heavy atom. The number of carboxylic acid groups (broad SMARTS) is 1. The van der Waals surface area contributed by atoms with Crippen LogP contribution in [0.3, 0.4) is 0 Å². The van der Waals surface area contributed by atoms with Crippen LogP contribution in [0.15, 0.2) is 48.5 Å². The summed E-state index contributed by atoms with van der Waals surface area (Å²) in [6.07, 6.45) is 5.50. The number of nitrogens with one attached hydrogen (secondary N) is 2. The Hall–Kier alpha value is -3.86. The van der Waals surface area contributed by atoms with Crippen molar-refractivity contribution in [3.8, 4) is 10.9 Å². The van der Waals surface area contributed by atoms with Crippen molar-refractivity contribution in [1.29, 1.82) is 0 Å². The molecule has 234 valence electrons. The lowest BCUT2D eigenvalue weighted by Gasteiger charge is -2.30. The first-order valence-electron chi connectivity index (χ1n) is 15.6. The molecule has 2 saturated heterocycles. The van der Waals surface area contributed by atoms with Gasteiger partial charge in [-0.3, -0.25) is 9.59 Å². The van der Waals surface area contributed by atoms with Crippen molar-refractivity contribution in [1.82, 2.24) is 15.2 Å². The number of aliphatic carboxylic acids is 1. The number of hydrogen-bond donors (Lipinski definition) is 3. The van der Waals surface area contributed by atoms with Crippen LogP contribution in [0, 0.1) is 11.8 Å². The highest BCUT2D eigenvalue weighted by Crippen LogP contribution is 2.50. The van der Waals surface area contributed by atoms with E-state index in [-0.39, 0.29) is 30.7 Å². The van der Waals surface area contributed by atoms with Crippen LogP contribution in [0.1, 0.15) is 58.3 Å². The second-order valence-electron chi connectivity index (χ2n) is 12.4. The number of thiazole rings is 1. The van der Waals surface area contributed by atoms with Crippen LogP contribution in [-0.4, -0.2) is 70.2 Å². The SMILES string of the molecule is COc1cccc(N[C@H]2CCCCCCC(C)[C@@H]3C[C@@]3(C(=O)O)NC(=O)[C@@H]3C[C@@H](Oc4nc5ccccc5s4)CN3C2=O)c1. The number of amides is 2. The molecule has 3 heterocycles. The lowest BCUT2D eigenvalue weighted by molar-refractivity contribution is -0.145. The molecule has 3 N–H and O–H groups in total. The molecular formula is C33H40N4O6S. The molecule has 0 spiro atoms. The Morgan fingerprint density at radius 1 is 1.11 bits per heavy atom. The van der Waals surface area contributed by atoms with Gasteiger partial charge in [-0.2, -0.15) is 0 Å². The standard InChI is InChI=1S/C33H40N4O6S/c1-20-10-5-3-4-6-14-26(34-21-11-9-12-22(16-21)42-2)30(39)37-19-23(43-32-35-25-13-7-8-15-28(25)44-32)17-27(37)29(38)36-33(31(40)41)18-24(20)33/h7-9,11-13,15-16,20,23-24,26-27,34H,3-6,10,14,17-19H2,1-2H3,(H,36,38)(H,40,41)/t20?,23-,24+,26+,27+,33-/m1/s1. The summed E-state index contributed by atoms with van der Waals surface area (Å²) in [6, 6.07) is 13.8. The van der Waals surface area contributed by atoms with Gasteiger partial charge in [0.1, 0.15) is 29.5 Å². The quantitative estimate of drug-likeness (QED) is 0.348. The summed E-state index contributed by atoms with van der Waals surface area (Å²) >= 11 is 1.42. The van der Waals surface area contributed by atoms with Crippen molar-refractivity contribution in [3.05, 3.63) is 48.5 Å². The fourth-order valence-electron chi connectivity index (χ4n) is 6.88. The molecule has 1 saturated carbocycles. The third kappa shape index (κ3) is 6.20. The summed E-state index contributed by atoms with van der Waals surface area (Å²) in [7, 11) is 1.60. The number of carboxylic acids is 1. The summed E-state index contributed by atoms with van der Waals surface area (Å²) < 4.78 is 12.7. The molecule has 10 nitrogen and oxygen atoms in total. The van der Waals surface area contributed by atoms with Crippen LogP contribution < -0.4 is 20.1 Å². The number of rotatable bonds is 6. The molecule has 0 radical (unpaired) electrons. The zero-order valence-electron chi connectivity index (χ0n) is 25.2. The minimum Gasteiger partial charge on any atom is -0.497 e. The van der Waals surface area contributed by atoms with Crippen LogP contribution in [0.4, 0.5) is 5.69 Å². The highest BCUT2D eigenvalue weighted by molar-refractivity contribution is 7.20. The lowest BCUT2D eigenvalue weighted by atomic mass is 9.94. The van der Waals surface area contributed by atoms with E-state index in [4.69, 9.17) is 9.47 Å². The Balaban J connectivity index is 1.29. The highest BCUT2D eigenvalue weighted by atomic mass is 32.1. The topological polar surface area (TPSA) is 130 Å².